The van der Waals surface area contributed by atoms with Crippen molar-refractivity contribution < 1.29 is 14.4 Å². The molecule has 0 bridgehead atoms. The van der Waals surface area contributed by atoms with Crippen LogP contribution in [0.2, 0.25) is 0 Å². The zero-order chi connectivity index (χ0) is 10.8. The molecule has 1 fully saturated rings. The number of hydrogen-bond acceptors (Lipinski definition) is 4. The fourth-order valence-electron chi connectivity index (χ4n) is 1.53. The summed E-state index contributed by atoms with van der Waals surface area (Å²) in [5.74, 6) is 1.08. The molecule has 0 aliphatic heterocycles. The van der Waals surface area contributed by atoms with Crippen LogP contribution >= 0.6 is 0 Å². The van der Waals surface area contributed by atoms with E-state index >= 15 is 0 Å². The molecule has 1 aromatic heterocycles. The SMILES string of the molecule is CC(CC(=O)O)Cc1nc(C2CC2)no1. The lowest BCUT2D eigenvalue weighted by atomic mass is 10.0. The van der Waals surface area contributed by atoms with Crippen LogP contribution in [-0.2, 0) is 11.2 Å². The van der Waals surface area contributed by atoms with Crippen molar-refractivity contribution in [3.63, 3.8) is 0 Å². The molecule has 5 nitrogen and oxygen atoms in total. The molecular formula is C10H14N2O3. The van der Waals surface area contributed by atoms with Crippen LogP contribution in [0.3, 0.4) is 0 Å². The van der Waals surface area contributed by atoms with Gasteiger partial charge < -0.3 is 9.63 Å². The Labute approximate surface area is 87.5 Å². The maximum Gasteiger partial charge on any atom is 0.303 e. The van der Waals surface area contributed by atoms with Gasteiger partial charge in [-0.25, -0.2) is 0 Å². The summed E-state index contributed by atoms with van der Waals surface area (Å²) in [6, 6.07) is 0. The van der Waals surface area contributed by atoms with E-state index in [4.69, 9.17) is 9.63 Å². The molecule has 1 aliphatic carbocycles. The molecule has 1 N–H and O–H groups in total. The summed E-state index contributed by atoms with van der Waals surface area (Å²) in [5, 5.41) is 12.5. The number of hydrogen-bond donors (Lipinski definition) is 1. The second-order valence-corrected chi connectivity index (χ2v) is 4.23. The molecule has 1 heterocycles. The molecule has 15 heavy (non-hydrogen) atoms. The number of rotatable bonds is 5. The van der Waals surface area contributed by atoms with Gasteiger partial charge in [0.1, 0.15) is 0 Å². The smallest absolute Gasteiger partial charge is 0.303 e. The number of aliphatic carboxylic acids is 1. The third-order valence-corrected chi connectivity index (χ3v) is 2.47. The first kappa shape index (κ1) is 10.1. The average molecular weight is 210 g/mol. The largest absolute Gasteiger partial charge is 0.481 e. The highest BCUT2D eigenvalue weighted by Crippen LogP contribution is 2.38. The fourth-order valence-corrected chi connectivity index (χ4v) is 1.53. The third-order valence-electron chi connectivity index (χ3n) is 2.47. The Bertz CT molecular complexity index is 357. The maximum atomic E-state index is 10.5. The van der Waals surface area contributed by atoms with Crippen molar-refractivity contribution in [2.24, 2.45) is 5.92 Å². The minimum atomic E-state index is -0.788. The van der Waals surface area contributed by atoms with Gasteiger partial charge in [0.25, 0.3) is 0 Å². The van der Waals surface area contributed by atoms with Gasteiger partial charge in [-0.1, -0.05) is 12.1 Å². The minimum absolute atomic E-state index is 0.0370. The zero-order valence-corrected chi connectivity index (χ0v) is 8.64. The van der Waals surface area contributed by atoms with Gasteiger partial charge in [-0.15, -0.1) is 0 Å². The Morgan fingerprint density at radius 1 is 1.67 bits per heavy atom. The summed E-state index contributed by atoms with van der Waals surface area (Å²) in [7, 11) is 0. The van der Waals surface area contributed by atoms with Crippen LogP contribution in [0.4, 0.5) is 0 Å². The molecule has 1 aliphatic rings. The Kier molecular flexibility index (Phi) is 2.70. The minimum Gasteiger partial charge on any atom is -0.481 e. The highest BCUT2D eigenvalue weighted by Gasteiger charge is 2.28. The van der Waals surface area contributed by atoms with Gasteiger partial charge in [-0.2, -0.15) is 4.98 Å². The van der Waals surface area contributed by atoms with E-state index in [0.29, 0.717) is 18.2 Å². The fraction of sp³-hybridized carbons (Fsp3) is 0.700. The van der Waals surface area contributed by atoms with Crippen LogP contribution in [0.15, 0.2) is 4.52 Å². The quantitative estimate of drug-likeness (QED) is 0.798. The summed E-state index contributed by atoms with van der Waals surface area (Å²) in [6.07, 6.45) is 2.97. The number of aromatic nitrogens is 2. The molecule has 1 aromatic rings. The molecule has 2 rings (SSSR count). The predicted octanol–water partition coefficient (Wildman–Crippen LogP) is 1.60. The molecule has 0 radical (unpaired) electrons. The van der Waals surface area contributed by atoms with Gasteiger partial charge in [0.15, 0.2) is 5.82 Å². The van der Waals surface area contributed by atoms with Gasteiger partial charge in [-0.3, -0.25) is 4.79 Å². The first-order valence-electron chi connectivity index (χ1n) is 5.19. The molecule has 0 aromatic carbocycles. The van der Waals surface area contributed by atoms with E-state index in [1.165, 1.54) is 0 Å². The summed E-state index contributed by atoms with van der Waals surface area (Å²) >= 11 is 0. The summed E-state index contributed by atoms with van der Waals surface area (Å²) in [4.78, 5) is 14.7. The van der Waals surface area contributed by atoms with Crippen molar-refractivity contribution >= 4 is 5.97 Å². The maximum absolute atomic E-state index is 10.5. The van der Waals surface area contributed by atoms with Crippen molar-refractivity contribution in [3.8, 4) is 0 Å². The number of carboxylic acids is 1. The average Bonchev–Trinajstić information content (AvgIpc) is 2.87. The standard InChI is InChI=1S/C10H14N2O3/c1-6(5-9(13)14)4-8-11-10(12-15-8)7-2-3-7/h6-7H,2-5H2,1H3,(H,13,14). The summed E-state index contributed by atoms with van der Waals surface area (Å²) in [6.45, 7) is 1.87. The second-order valence-electron chi connectivity index (χ2n) is 4.23. The number of nitrogens with zero attached hydrogens (tertiary/aromatic N) is 2. The molecule has 1 unspecified atom stereocenters. The summed E-state index contributed by atoms with van der Waals surface area (Å²) in [5.41, 5.74) is 0. The van der Waals surface area contributed by atoms with E-state index in [2.05, 4.69) is 10.1 Å². The van der Waals surface area contributed by atoms with Crippen molar-refractivity contribution in [1.29, 1.82) is 0 Å². The summed E-state index contributed by atoms with van der Waals surface area (Å²) < 4.78 is 5.06. The normalized spacial score (nSPS) is 17.7. The van der Waals surface area contributed by atoms with Crippen LogP contribution in [0, 0.1) is 5.92 Å². The topological polar surface area (TPSA) is 76.2 Å². The van der Waals surface area contributed by atoms with E-state index in [0.717, 1.165) is 18.7 Å². The van der Waals surface area contributed by atoms with E-state index in [1.54, 1.807) is 0 Å². The van der Waals surface area contributed by atoms with Gasteiger partial charge in [-0.05, 0) is 18.8 Å². The van der Waals surface area contributed by atoms with E-state index in [1.807, 2.05) is 6.92 Å². The molecule has 0 spiro atoms. The Morgan fingerprint density at radius 3 is 3.00 bits per heavy atom. The molecule has 0 saturated heterocycles. The molecule has 1 saturated carbocycles. The lowest BCUT2D eigenvalue weighted by Crippen LogP contribution is -2.07. The van der Waals surface area contributed by atoms with E-state index in [-0.39, 0.29) is 12.3 Å². The van der Waals surface area contributed by atoms with Crippen LogP contribution < -0.4 is 0 Å². The molecule has 0 amide bonds. The van der Waals surface area contributed by atoms with Crippen LogP contribution in [-0.4, -0.2) is 21.2 Å². The monoisotopic (exact) mass is 210 g/mol. The van der Waals surface area contributed by atoms with Gasteiger partial charge in [0.05, 0.1) is 0 Å². The zero-order valence-electron chi connectivity index (χ0n) is 8.64. The van der Waals surface area contributed by atoms with Crippen molar-refractivity contribution in [3.05, 3.63) is 11.7 Å². The van der Waals surface area contributed by atoms with Gasteiger partial charge in [0, 0.05) is 18.8 Å². The van der Waals surface area contributed by atoms with Crippen LogP contribution in [0.1, 0.15) is 43.8 Å². The highest BCUT2D eigenvalue weighted by molar-refractivity contribution is 5.66. The predicted molar refractivity (Wildman–Crippen MR) is 51.4 cm³/mol. The Morgan fingerprint density at radius 2 is 2.40 bits per heavy atom. The Balaban J connectivity index is 1.89. The van der Waals surface area contributed by atoms with Gasteiger partial charge in [0.2, 0.25) is 5.89 Å². The van der Waals surface area contributed by atoms with Crippen molar-refractivity contribution in [2.45, 2.75) is 38.5 Å². The molecular weight excluding hydrogens is 196 g/mol. The molecule has 1 atom stereocenters. The highest BCUT2D eigenvalue weighted by atomic mass is 16.5. The van der Waals surface area contributed by atoms with Crippen LogP contribution in [0.25, 0.3) is 0 Å². The lowest BCUT2D eigenvalue weighted by molar-refractivity contribution is -0.137. The lowest BCUT2D eigenvalue weighted by Gasteiger charge is -2.03. The van der Waals surface area contributed by atoms with Crippen molar-refractivity contribution in [2.75, 3.05) is 0 Å². The first-order valence-corrected chi connectivity index (χ1v) is 5.19. The number of carboxylic acid groups (broad SMARTS) is 1. The van der Waals surface area contributed by atoms with E-state index in [9.17, 15) is 4.79 Å². The third kappa shape index (κ3) is 2.78. The Hall–Kier alpha value is -1.39. The number of carbonyl (C=O) groups is 1. The van der Waals surface area contributed by atoms with Crippen molar-refractivity contribution in [1.82, 2.24) is 10.1 Å². The molecule has 82 valence electrons. The molecule has 5 heteroatoms. The first-order chi connectivity index (χ1) is 7.15. The van der Waals surface area contributed by atoms with Gasteiger partial charge >= 0.3 is 5.97 Å². The van der Waals surface area contributed by atoms with E-state index < -0.39 is 5.97 Å². The van der Waals surface area contributed by atoms with Crippen LogP contribution in [0.5, 0.6) is 0 Å². The second kappa shape index (κ2) is 4.00.